The molecule has 1 unspecified atom stereocenters. The SMILES string of the molecule is CC(=O)N(C)C1CCN(CCC2[C@H](c3ccc(Cl)c(Cl)c3)CCC(=O)N2c2ccccn2)CC1. The number of aromatic nitrogens is 1. The zero-order valence-electron chi connectivity index (χ0n) is 19.8. The normalized spacial score (nSPS) is 22.1. The standard InChI is InChI=1S/C26H32Cl2N4O2/c1-18(33)30(2)20-10-14-31(15-11-20)16-12-24-21(19-6-8-22(27)23(28)17-19)7-9-26(34)32(24)25-5-3-4-13-29-25/h3-6,8,13,17,20-21,24H,7,9-12,14-16H2,1-2H3/t21-,24?/m0/s1. The number of hydrogen-bond donors (Lipinski definition) is 0. The average molecular weight is 503 g/mol. The first-order chi connectivity index (χ1) is 16.3. The fourth-order valence-corrected chi connectivity index (χ4v) is 5.62. The summed E-state index contributed by atoms with van der Waals surface area (Å²) in [5.41, 5.74) is 1.11. The van der Waals surface area contributed by atoms with E-state index in [2.05, 4.69) is 9.88 Å². The van der Waals surface area contributed by atoms with Crippen molar-refractivity contribution >= 4 is 40.8 Å². The molecule has 0 spiro atoms. The Labute approximate surface area is 211 Å². The van der Waals surface area contributed by atoms with Crippen LogP contribution >= 0.6 is 23.2 Å². The van der Waals surface area contributed by atoms with Crippen molar-refractivity contribution in [3.05, 3.63) is 58.2 Å². The Bertz CT molecular complexity index is 1010. The highest BCUT2D eigenvalue weighted by atomic mass is 35.5. The Morgan fingerprint density at radius 1 is 1.12 bits per heavy atom. The van der Waals surface area contributed by atoms with Gasteiger partial charge in [-0.15, -0.1) is 0 Å². The molecule has 2 amide bonds. The molecule has 0 N–H and O–H groups in total. The quantitative estimate of drug-likeness (QED) is 0.557. The Morgan fingerprint density at radius 3 is 2.53 bits per heavy atom. The molecule has 34 heavy (non-hydrogen) atoms. The number of hydrogen-bond acceptors (Lipinski definition) is 4. The van der Waals surface area contributed by atoms with Crippen LogP contribution in [0.3, 0.4) is 0 Å². The maximum Gasteiger partial charge on any atom is 0.228 e. The van der Waals surface area contributed by atoms with E-state index in [1.165, 1.54) is 0 Å². The molecular formula is C26H32Cl2N4O2. The minimum Gasteiger partial charge on any atom is -0.343 e. The summed E-state index contributed by atoms with van der Waals surface area (Å²) >= 11 is 12.5. The summed E-state index contributed by atoms with van der Waals surface area (Å²) in [6, 6.07) is 11.8. The van der Waals surface area contributed by atoms with Crippen molar-refractivity contribution in [2.24, 2.45) is 0 Å². The lowest BCUT2D eigenvalue weighted by Crippen LogP contribution is -2.50. The molecule has 2 aliphatic heterocycles. The number of likely N-dealkylation sites (tertiary alicyclic amines) is 1. The second-order valence-electron chi connectivity index (χ2n) is 9.33. The number of amides is 2. The number of nitrogens with zero attached hydrogens (tertiary/aromatic N) is 4. The molecule has 2 aromatic rings. The molecule has 3 heterocycles. The van der Waals surface area contributed by atoms with Crippen LogP contribution in [0.2, 0.25) is 10.0 Å². The van der Waals surface area contributed by atoms with Crippen molar-refractivity contribution in [2.45, 2.75) is 57.0 Å². The van der Waals surface area contributed by atoms with Crippen LogP contribution < -0.4 is 4.90 Å². The Hall–Kier alpha value is -2.15. The topological polar surface area (TPSA) is 56.8 Å². The van der Waals surface area contributed by atoms with Crippen LogP contribution in [-0.2, 0) is 9.59 Å². The molecule has 4 rings (SSSR count). The van der Waals surface area contributed by atoms with Crippen molar-refractivity contribution in [3.8, 4) is 0 Å². The van der Waals surface area contributed by atoms with Crippen LogP contribution in [0.5, 0.6) is 0 Å². The number of halogens is 2. The number of pyridine rings is 1. The summed E-state index contributed by atoms with van der Waals surface area (Å²) in [6.45, 7) is 4.41. The van der Waals surface area contributed by atoms with E-state index >= 15 is 0 Å². The molecule has 0 bridgehead atoms. The van der Waals surface area contributed by atoms with Crippen LogP contribution in [0.15, 0.2) is 42.6 Å². The zero-order valence-corrected chi connectivity index (χ0v) is 21.3. The van der Waals surface area contributed by atoms with Gasteiger partial charge in [-0.05, 0) is 55.5 Å². The van der Waals surface area contributed by atoms with Gasteiger partial charge < -0.3 is 9.80 Å². The van der Waals surface area contributed by atoms with Gasteiger partial charge in [0.25, 0.3) is 0 Å². The van der Waals surface area contributed by atoms with Gasteiger partial charge in [-0.1, -0.05) is 35.3 Å². The van der Waals surface area contributed by atoms with E-state index in [4.69, 9.17) is 23.2 Å². The monoisotopic (exact) mass is 502 g/mol. The molecule has 6 nitrogen and oxygen atoms in total. The summed E-state index contributed by atoms with van der Waals surface area (Å²) in [7, 11) is 1.89. The fraction of sp³-hybridized carbons (Fsp3) is 0.500. The highest BCUT2D eigenvalue weighted by Crippen LogP contribution is 2.39. The van der Waals surface area contributed by atoms with Crippen molar-refractivity contribution in [2.75, 3.05) is 31.6 Å². The summed E-state index contributed by atoms with van der Waals surface area (Å²) in [6.07, 6.45) is 5.76. The predicted molar refractivity (Wildman–Crippen MR) is 136 cm³/mol. The van der Waals surface area contributed by atoms with Crippen molar-refractivity contribution in [1.29, 1.82) is 0 Å². The van der Waals surface area contributed by atoms with E-state index in [1.54, 1.807) is 13.1 Å². The van der Waals surface area contributed by atoms with Crippen LogP contribution in [-0.4, -0.2) is 65.4 Å². The van der Waals surface area contributed by atoms with E-state index in [1.807, 2.05) is 53.2 Å². The first-order valence-corrected chi connectivity index (χ1v) is 12.7. The summed E-state index contributed by atoms with van der Waals surface area (Å²) in [5.74, 6) is 1.08. The molecule has 182 valence electrons. The Morgan fingerprint density at radius 2 is 1.88 bits per heavy atom. The Balaban J connectivity index is 1.53. The van der Waals surface area contributed by atoms with Gasteiger partial charge in [-0.2, -0.15) is 0 Å². The zero-order chi connectivity index (χ0) is 24.2. The van der Waals surface area contributed by atoms with Gasteiger partial charge in [0.1, 0.15) is 5.82 Å². The van der Waals surface area contributed by atoms with Gasteiger partial charge in [-0.25, -0.2) is 4.98 Å². The van der Waals surface area contributed by atoms with E-state index in [-0.39, 0.29) is 23.8 Å². The highest BCUT2D eigenvalue weighted by Gasteiger charge is 2.38. The number of anilines is 1. The molecule has 1 aromatic heterocycles. The number of benzene rings is 1. The molecule has 1 aromatic carbocycles. The molecular weight excluding hydrogens is 471 g/mol. The minimum absolute atomic E-state index is 0.0222. The van der Waals surface area contributed by atoms with E-state index in [0.29, 0.717) is 28.3 Å². The summed E-state index contributed by atoms with van der Waals surface area (Å²) < 4.78 is 0. The molecule has 0 aliphatic carbocycles. The second kappa shape index (κ2) is 11.1. The van der Waals surface area contributed by atoms with Gasteiger partial charge >= 0.3 is 0 Å². The first-order valence-electron chi connectivity index (χ1n) is 12.0. The van der Waals surface area contributed by atoms with Gasteiger partial charge in [-0.3, -0.25) is 14.5 Å². The van der Waals surface area contributed by atoms with E-state index in [0.717, 1.165) is 50.9 Å². The fourth-order valence-electron chi connectivity index (χ4n) is 5.31. The minimum atomic E-state index is -0.0222. The largest absolute Gasteiger partial charge is 0.343 e. The number of piperidine rings is 2. The lowest BCUT2D eigenvalue weighted by molar-refractivity contribution is -0.130. The molecule has 8 heteroatoms. The summed E-state index contributed by atoms with van der Waals surface area (Å²) in [5, 5.41) is 1.07. The molecule has 2 saturated heterocycles. The van der Waals surface area contributed by atoms with Crippen molar-refractivity contribution in [3.63, 3.8) is 0 Å². The highest BCUT2D eigenvalue weighted by molar-refractivity contribution is 6.42. The third kappa shape index (κ3) is 5.56. The van der Waals surface area contributed by atoms with E-state index in [9.17, 15) is 9.59 Å². The molecule has 0 saturated carbocycles. The molecule has 2 aliphatic rings. The van der Waals surface area contributed by atoms with Crippen LogP contribution in [0.1, 0.15) is 50.5 Å². The second-order valence-corrected chi connectivity index (χ2v) is 10.1. The first kappa shape index (κ1) is 25.0. The van der Waals surface area contributed by atoms with Crippen LogP contribution in [0.4, 0.5) is 5.82 Å². The third-order valence-corrected chi connectivity index (χ3v) is 8.08. The van der Waals surface area contributed by atoms with Gasteiger partial charge in [0.2, 0.25) is 11.8 Å². The van der Waals surface area contributed by atoms with Crippen LogP contribution in [0.25, 0.3) is 0 Å². The van der Waals surface area contributed by atoms with Crippen molar-refractivity contribution in [1.82, 2.24) is 14.8 Å². The molecule has 0 radical (unpaired) electrons. The predicted octanol–water partition coefficient (Wildman–Crippen LogP) is 5.00. The van der Waals surface area contributed by atoms with Crippen LogP contribution in [0, 0.1) is 0 Å². The Kier molecular flexibility index (Phi) is 8.12. The smallest absolute Gasteiger partial charge is 0.228 e. The molecule has 2 atom stereocenters. The number of rotatable bonds is 6. The third-order valence-electron chi connectivity index (χ3n) is 7.34. The average Bonchev–Trinajstić information content (AvgIpc) is 2.85. The summed E-state index contributed by atoms with van der Waals surface area (Å²) in [4.78, 5) is 35.6. The van der Waals surface area contributed by atoms with Gasteiger partial charge in [0.15, 0.2) is 0 Å². The van der Waals surface area contributed by atoms with Gasteiger partial charge in [0, 0.05) is 64.2 Å². The lowest BCUT2D eigenvalue weighted by Gasteiger charge is -2.42. The van der Waals surface area contributed by atoms with E-state index < -0.39 is 0 Å². The van der Waals surface area contributed by atoms with Gasteiger partial charge in [0.05, 0.1) is 10.0 Å². The number of carbonyl (C=O) groups excluding carboxylic acids is 2. The van der Waals surface area contributed by atoms with Crippen molar-refractivity contribution < 1.29 is 9.59 Å². The maximum absolute atomic E-state index is 13.1. The molecule has 2 fully saturated rings. The number of carbonyl (C=O) groups is 2. The maximum atomic E-state index is 13.1. The lowest BCUT2D eigenvalue weighted by atomic mass is 9.81.